The van der Waals surface area contributed by atoms with Gasteiger partial charge < -0.3 is 15.5 Å². The van der Waals surface area contributed by atoms with Crippen molar-refractivity contribution in [1.29, 1.82) is 0 Å². The number of nitrogens with zero attached hydrogens (tertiary/aromatic N) is 2. The molecule has 96 valence electrons. The van der Waals surface area contributed by atoms with Gasteiger partial charge in [0.25, 0.3) is 0 Å². The molecular formula is C13H29N3. The number of nitrogens with two attached hydrogens (primary N) is 1. The van der Waals surface area contributed by atoms with Crippen LogP contribution in [-0.2, 0) is 0 Å². The molecule has 1 saturated heterocycles. The normalized spacial score (nSPS) is 20.6. The number of hydrogen-bond donors (Lipinski definition) is 1. The Balaban J connectivity index is 2.21. The maximum absolute atomic E-state index is 6.00. The molecule has 0 aromatic heterocycles. The summed E-state index contributed by atoms with van der Waals surface area (Å²) in [5, 5.41) is 0. The molecule has 0 aromatic rings. The fourth-order valence-electron chi connectivity index (χ4n) is 2.24. The third kappa shape index (κ3) is 4.40. The molecule has 1 fully saturated rings. The number of likely N-dealkylation sites (N-methyl/N-ethyl adjacent to an activating group) is 1. The van der Waals surface area contributed by atoms with Crippen molar-refractivity contribution in [3.8, 4) is 0 Å². The molecule has 3 heteroatoms. The molecule has 1 heterocycles. The molecule has 1 rings (SSSR count). The van der Waals surface area contributed by atoms with Crippen LogP contribution in [0.4, 0.5) is 0 Å². The molecule has 3 nitrogen and oxygen atoms in total. The van der Waals surface area contributed by atoms with E-state index in [1.54, 1.807) is 0 Å². The number of rotatable bonds is 6. The van der Waals surface area contributed by atoms with Gasteiger partial charge in [-0.15, -0.1) is 0 Å². The first-order valence-corrected chi connectivity index (χ1v) is 6.58. The second kappa shape index (κ2) is 5.99. The molecule has 0 aliphatic carbocycles. The molecule has 0 saturated carbocycles. The monoisotopic (exact) mass is 227 g/mol. The topological polar surface area (TPSA) is 32.5 Å². The molecule has 2 N–H and O–H groups in total. The van der Waals surface area contributed by atoms with E-state index in [0.29, 0.717) is 0 Å². The third-order valence-electron chi connectivity index (χ3n) is 3.91. The van der Waals surface area contributed by atoms with Gasteiger partial charge in [-0.25, -0.2) is 0 Å². The van der Waals surface area contributed by atoms with Crippen LogP contribution in [0.2, 0.25) is 0 Å². The second-order valence-electron chi connectivity index (χ2n) is 6.06. The van der Waals surface area contributed by atoms with E-state index in [9.17, 15) is 0 Å². The van der Waals surface area contributed by atoms with Crippen molar-refractivity contribution in [1.82, 2.24) is 9.80 Å². The molecule has 1 atom stereocenters. The maximum atomic E-state index is 6.00. The van der Waals surface area contributed by atoms with Crippen LogP contribution in [0.25, 0.3) is 0 Å². The molecule has 0 spiro atoms. The molecule has 0 amide bonds. The zero-order valence-electron chi connectivity index (χ0n) is 11.5. The van der Waals surface area contributed by atoms with E-state index in [4.69, 9.17) is 5.73 Å². The molecule has 0 bridgehead atoms. The van der Waals surface area contributed by atoms with Crippen LogP contribution in [-0.4, -0.2) is 55.6 Å². The van der Waals surface area contributed by atoms with Gasteiger partial charge in [0.2, 0.25) is 0 Å². The Labute approximate surface area is 101 Å². The zero-order valence-corrected chi connectivity index (χ0v) is 11.5. The Morgan fingerprint density at radius 2 is 1.88 bits per heavy atom. The van der Waals surface area contributed by atoms with Crippen molar-refractivity contribution < 1.29 is 0 Å². The maximum Gasteiger partial charge on any atom is 0.0109 e. The van der Waals surface area contributed by atoms with E-state index in [1.807, 2.05) is 0 Å². The van der Waals surface area contributed by atoms with Crippen LogP contribution in [0.5, 0.6) is 0 Å². The molecule has 16 heavy (non-hydrogen) atoms. The van der Waals surface area contributed by atoms with Crippen LogP contribution >= 0.6 is 0 Å². The summed E-state index contributed by atoms with van der Waals surface area (Å²) in [6, 6.07) is 0.252. The quantitative estimate of drug-likeness (QED) is 0.744. The van der Waals surface area contributed by atoms with Crippen molar-refractivity contribution in [3.63, 3.8) is 0 Å². The van der Waals surface area contributed by atoms with E-state index in [0.717, 1.165) is 13.1 Å². The SMILES string of the molecule is CC(N)C(C)(C)CN(C)CCN1CCCC1. The third-order valence-corrected chi connectivity index (χ3v) is 3.91. The lowest BCUT2D eigenvalue weighted by Gasteiger charge is -2.34. The number of hydrogen-bond acceptors (Lipinski definition) is 3. The zero-order chi connectivity index (χ0) is 12.2. The number of likely N-dealkylation sites (tertiary alicyclic amines) is 1. The minimum Gasteiger partial charge on any atom is -0.327 e. The van der Waals surface area contributed by atoms with E-state index in [1.165, 1.54) is 32.5 Å². The molecule has 1 unspecified atom stereocenters. The summed E-state index contributed by atoms with van der Waals surface area (Å²) in [6.07, 6.45) is 2.77. The molecule has 1 aliphatic heterocycles. The van der Waals surface area contributed by atoms with Crippen LogP contribution in [0.1, 0.15) is 33.6 Å². The van der Waals surface area contributed by atoms with Crippen molar-refractivity contribution in [2.75, 3.05) is 39.8 Å². The van der Waals surface area contributed by atoms with Crippen molar-refractivity contribution in [2.24, 2.45) is 11.1 Å². The second-order valence-corrected chi connectivity index (χ2v) is 6.06. The highest BCUT2D eigenvalue weighted by atomic mass is 15.2. The minimum absolute atomic E-state index is 0.208. The summed E-state index contributed by atoms with van der Waals surface area (Å²) < 4.78 is 0. The molecule has 0 aromatic carbocycles. The van der Waals surface area contributed by atoms with Crippen LogP contribution < -0.4 is 5.73 Å². The van der Waals surface area contributed by atoms with Gasteiger partial charge in [0.15, 0.2) is 0 Å². The fourth-order valence-corrected chi connectivity index (χ4v) is 2.24. The first-order valence-electron chi connectivity index (χ1n) is 6.58. The smallest absolute Gasteiger partial charge is 0.0109 e. The molecule has 0 radical (unpaired) electrons. The lowest BCUT2D eigenvalue weighted by molar-refractivity contribution is 0.168. The van der Waals surface area contributed by atoms with Crippen molar-refractivity contribution >= 4 is 0 Å². The van der Waals surface area contributed by atoms with Gasteiger partial charge in [0.1, 0.15) is 0 Å². The van der Waals surface area contributed by atoms with Crippen LogP contribution in [0, 0.1) is 5.41 Å². The Bertz CT molecular complexity index is 195. The average molecular weight is 227 g/mol. The van der Waals surface area contributed by atoms with E-state index < -0.39 is 0 Å². The van der Waals surface area contributed by atoms with Crippen LogP contribution in [0.3, 0.4) is 0 Å². The van der Waals surface area contributed by atoms with Gasteiger partial charge in [-0.05, 0) is 45.3 Å². The summed E-state index contributed by atoms with van der Waals surface area (Å²) in [5.74, 6) is 0. The van der Waals surface area contributed by atoms with Crippen LogP contribution in [0.15, 0.2) is 0 Å². The fraction of sp³-hybridized carbons (Fsp3) is 1.00. The Morgan fingerprint density at radius 3 is 2.38 bits per heavy atom. The predicted molar refractivity (Wildman–Crippen MR) is 70.6 cm³/mol. The Morgan fingerprint density at radius 1 is 1.31 bits per heavy atom. The standard InChI is InChI=1S/C13H29N3/c1-12(14)13(2,3)11-15(4)9-10-16-7-5-6-8-16/h12H,5-11,14H2,1-4H3. The summed E-state index contributed by atoms with van der Waals surface area (Å²) in [4.78, 5) is 4.98. The van der Waals surface area contributed by atoms with Crippen molar-refractivity contribution in [3.05, 3.63) is 0 Å². The van der Waals surface area contributed by atoms with Gasteiger partial charge in [-0.3, -0.25) is 0 Å². The van der Waals surface area contributed by atoms with Gasteiger partial charge in [-0.1, -0.05) is 13.8 Å². The lowest BCUT2D eigenvalue weighted by Crippen LogP contribution is -2.44. The first kappa shape index (κ1) is 13.9. The molecule has 1 aliphatic rings. The summed E-state index contributed by atoms with van der Waals surface area (Å²) >= 11 is 0. The highest BCUT2D eigenvalue weighted by molar-refractivity contribution is 4.81. The summed E-state index contributed by atoms with van der Waals surface area (Å²) in [5.41, 5.74) is 6.21. The highest BCUT2D eigenvalue weighted by Gasteiger charge is 2.24. The summed E-state index contributed by atoms with van der Waals surface area (Å²) in [7, 11) is 2.21. The highest BCUT2D eigenvalue weighted by Crippen LogP contribution is 2.19. The van der Waals surface area contributed by atoms with E-state index in [2.05, 4.69) is 37.6 Å². The van der Waals surface area contributed by atoms with E-state index in [-0.39, 0.29) is 11.5 Å². The largest absolute Gasteiger partial charge is 0.327 e. The van der Waals surface area contributed by atoms with Crippen molar-refractivity contribution in [2.45, 2.75) is 39.7 Å². The minimum atomic E-state index is 0.208. The van der Waals surface area contributed by atoms with Gasteiger partial charge in [0.05, 0.1) is 0 Å². The Hall–Kier alpha value is -0.120. The summed E-state index contributed by atoms with van der Waals surface area (Å²) in [6.45, 7) is 12.7. The Kier molecular flexibility index (Phi) is 5.22. The first-order chi connectivity index (χ1) is 7.42. The van der Waals surface area contributed by atoms with Gasteiger partial charge >= 0.3 is 0 Å². The van der Waals surface area contributed by atoms with Gasteiger partial charge in [-0.2, -0.15) is 0 Å². The predicted octanol–water partition coefficient (Wildman–Crippen LogP) is 1.39. The van der Waals surface area contributed by atoms with Gasteiger partial charge in [0, 0.05) is 25.7 Å². The lowest BCUT2D eigenvalue weighted by atomic mass is 9.85. The molecular weight excluding hydrogens is 198 g/mol. The average Bonchev–Trinajstić information content (AvgIpc) is 2.66. The van der Waals surface area contributed by atoms with E-state index >= 15 is 0 Å².